The molecule has 0 aromatic rings. The lowest BCUT2D eigenvalue weighted by Crippen LogP contribution is -2.30. The first-order chi connectivity index (χ1) is 15.1. The smallest absolute Gasteiger partial charge is 0.00670 e. The van der Waals surface area contributed by atoms with Gasteiger partial charge in [0.25, 0.3) is 0 Å². The molecular formula is C30H53N. The van der Waals surface area contributed by atoms with E-state index in [2.05, 4.69) is 57.0 Å². The van der Waals surface area contributed by atoms with Crippen molar-refractivity contribution in [2.24, 2.45) is 11.8 Å². The minimum absolute atomic E-state index is 0.695. The number of hydrogen-bond acceptors (Lipinski definition) is 1. The Bertz CT molecular complexity index is 559. The molecule has 1 aliphatic rings. The summed E-state index contributed by atoms with van der Waals surface area (Å²) < 4.78 is 0. The van der Waals surface area contributed by atoms with Crippen molar-refractivity contribution in [2.75, 3.05) is 6.54 Å². The van der Waals surface area contributed by atoms with E-state index in [4.69, 9.17) is 0 Å². The molecule has 0 fully saturated rings. The Morgan fingerprint density at radius 2 is 1.90 bits per heavy atom. The van der Waals surface area contributed by atoms with Gasteiger partial charge in [0, 0.05) is 6.04 Å². The van der Waals surface area contributed by atoms with Gasteiger partial charge in [0.15, 0.2) is 0 Å². The monoisotopic (exact) mass is 427 g/mol. The van der Waals surface area contributed by atoms with Crippen LogP contribution in [0.1, 0.15) is 125 Å². The molecule has 1 aliphatic carbocycles. The maximum atomic E-state index is 3.92. The molecule has 2 unspecified atom stereocenters. The van der Waals surface area contributed by atoms with Crippen molar-refractivity contribution in [3.8, 4) is 0 Å². The molecule has 0 aromatic heterocycles. The van der Waals surface area contributed by atoms with E-state index < -0.39 is 0 Å². The Morgan fingerprint density at radius 3 is 2.65 bits per heavy atom. The van der Waals surface area contributed by atoms with E-state index in [0.717, 1.165) is 18.4 Å². The van der Waals surface area contributed by atoms with Gasteiger partial charge in [-0.3, -0.25) is 0 Å². The Morgan fingerprint density at radius 1 is 1.10 bits per heavy atom. The van der Waals surface area contributed by atoms with Crippen LogP contribution in [0.2, 0.25) is 0 Å². The molecule has 1 heteroatoms. The summed E-state index contributed by atoms with van der Waals surface area (Å²) in [6.07, 6.45) is 27.5. The molecule has 0 heterocycles. The van der Waals surface area contributed by atoms with Gasteiger partial charge in [0.2, 0.25) is 0 Å². The third-order valence-electron chi connectivity index (χ3n) is 6.72. The van der Waals surface area contributed by atoms with Crippen LogP contribution in [0.15, 0.2) is 41.2 Å². The van der Waals surface area contributed by atoms with Crippen molar-refractivity contribution in [1.29, 1.82) is 0 Å². The van der Waals surface area contributed by atoms with Crippen molar-refractivity contribution in [3.63, 3.8) is 0 Å². The molecule has 0 spiro atoms. The molecule has 0 saturated heterocycles. The molecule has 1 rings (SSSR count). The van der Waals surface area contributed by atoms with Gasteiger partial charge in [-0.15, -0.1) is 5.73 Å². The molecule has 31 heavy (non-hydrogen) atoms. The molecule has 1 nitrogen and oxygen atoms in total. The van der Waals surface area contributed by atoms with E-state index >= 15 is 0 Å². The van der Waals surface area contributed by atoms with Gasteiger partial charge in [0.1, 0.15) is 0 Å². The predicted octanol–water partition coefficient (Wildman–Crippen LogP) is 9.32. The summed E-state index contributed by atoms with van der Waals surface area (Å²) in [6.45, 7) is 12.6. The van der Waals surface area contributed by atoms with Crippen LogP contribution in [0.3, 0.4) is 0 Å². The van der Waals surface area contributed by atoms with Crippen molar-refractivity contribution in [3.05, 3.63) is 41.2 Å². The summed E-state index contributed by atoms with van der Waals surface area (Å²) in [4.78, 5) is 0. The Hall–Kier alpha value is -1.04. The van der Waals surface area contributed by atoms with Gasteiger partial charge in [0.05, 0.1) is 0 Å². The van der Waals surface area contributed by atoms with Crippen LogP contribution in [0.4, 0.5) is 0 Å². The second kappa shape index (κ2) is 18.5. The van der Waals surface area contributed by atoms with Crippen molar-refractivity contribution < 1.29 is 0 Å². The molecule has 2 atom stereocenters. The standard InChI is InChI=1S/C30H53N/c1-6-8-9-10-14-19-28(25-26(3)4)20-16-22-30(17-7-2)31-24-23-29-21-15-12-11-13-18-27(29)5/h6,9,15,21,26,28,30-31H,7,10-14,16-20,22-25H2,1-5H3. The second-order valence-electron chi connectivity index (χ2n) is 10.2. The van der Waals surface area contributed by atoms with Crippen LogP contribution >= 0.6 is 0 Å². The molecule has 1 N–H and O–H groups in total. The first kappa shape index (κ1) is 28.0. The first-order valence-electron chi connectivity index (χ1n) is 13.5. The van der Waals surface area contributed by atoms with Gasteiger partial charge < -0.3 is 5.32 Å². The van der Waals surface area contributed by atoms with Crippen LogP contribution in [0.25, 0.3) is 0 Å². The molecule has 178 valence electrons. The lowest BCUT2D eigenvalue weighted by Gasteiger charge is -2.22. The zero-order chi connectivity index (χ0) is 22.7. The first-order valence-corrected chi connectivity index (χ1v) is 13.5. The van der Waals surface area contributed by atoms with Crippen molar-refractivity contribution in [1.82, 2.24) is 5.32 Å². The number of hydrogen-bond donors (Lipinski definition) is 1. The maximum absolute atomic E-state index is 3.92. The number of nitrogens with one attached hydrogen (secondary N) is 1. The van der Waals surface area contributed by atoms with Crippen LogP contribution < -0.4 is 5.32 Å². The molecule has 0 aliphatic heterocycles. The zero-order valence-corrected chi connectivity index (χ0v) is 21.6. The third kappa shape index (κ3) is 14.6. The molecule has 0 radical (unpaired) electrons. The summed E-state index contributed by atoms with van der Waals surface area (Å²) in [5.74, 6) is 1.71. The van der Waals surface area contributed by atoms with Gasteiger partial charge in [-0.05, 0) is 114 Å². The number of allylic oxidation sites excluding steroid dienone is 4. The van der Waals surface area contributed by atoms with Gasteiger partial charge in [-0.2, -0.15) is 0 Å². The SMILES string of the molecule is CC=C=CCCCC(CCCC(CCC)NCCC1=C(C)CCCCC=C1)CC(C)C. The normalized spacial score (nSPS) is 16.6. The Labute approximate surface area is 195 Å². The summed E-state index contributed by atoms with van der Waals surface area (Å²) in [6, 6.07) is 0.695. The average molecular weight is 428 g/mol. The highest BCUT2D eigenvalue weighted by Crippen LogP contribution is 2.25. The van der Waals surface area contributed by atoms with Crippen LogP contribution in [0, 0.1) is 11.8 Å². The fourth-order valence-electron chi connectivity index (χ4n) is 4.99. The van der Waals surface area contributed by atoms with E-state index in [9.17, 15) is 0 Å². The van der Waals surface area contributed by atoms with E-state index in [1.165, 1.54) is 89.9 Å². The van der Waals surface area contributed by atoms with Crippen molar-refractivity contribution in [2.45, 2.75) is 131 Å². The fraction of sp³-hybridized carbons (Fsp3) is 0.767. The third-order valence-corrected chi connectivity index (χ3v) is 6.72. The lowest BCUT2D eigenvalue weighted by molar-refractivity contribution is 0.332. The average Bonchev–Trinajstić information content (AvgIpc) is 2.72. The minimum Gasteiger partial charge on any atom is -0.314 e. The summed E-state index contributed by atoms with van der Waals surface area (Å²) in [5, 5.41) is 3.92. The van der Waals surface area contributed by atoms with Crippen molar-refractivity contribution >= 4 is 0 Å². The fourth-order valence-corrected chi connectivity index (χ4v) is 4.99. The van der Waals surface area contributed by atoms with Crippen LogP contribution in [-0.4, -0.2) is 12.6 Å². The Balaban J connectivity index is 2.41. The second-order valence-corrected chi connectivity index (χ2v) is 10.2. The van der Waals surface area contributed by atoms with E-state index in [1.807, 2.05) is 13.0 Å². The maximum Gasteiger partial charge on any atom is 0.00670 e. The quantitative estimate of drug-likeness (QED) is 0.191. The Kier molecular flexibility index (Phi) is 16.7. The number of unbranched alkanes of at least 4 members (excludes halogenated alkanes) is 1. The molecular weight excluding hydrogens is 374 g/mol. The highest BCUT2D eigenvalue weighted by Gasteiger charge is 2.13. The van der Waals surface area contributed by atoms with Gasteiger partial charge in [-0.25, -0.2) is 0 Å². The minimum atomic E-state index is 0.695. The van der Waals surface area contributed by atoms with Gasteiger partial charge >= 0.3 is 0 Å². The van der Waals surface area contributed by atoms with E-state index in [0.29, 0.717) is 6.04 Å². The largest absolute Gasteiger partial charge is 0.314 e. The summed E-state index contributed by atoms with van der Waals surface area (Å²) in [7, 11) is 0. The van der Waals surface area contributed by atoms with Crippen LogP contribution in [-0.2, 0) is 0 Å². The molecule has 0 saturated carbocycles. The number of rotatable bonds is 16. The van der Waals surface area contributed by atoms with Crippen LogP contribution in [0.5, 0.6) is 0 Å². The molecule has 0 amide bonds. The van der Waals surface area contributed by atoms with E-state index in [1.54, 1.807) is 11.1 Å². The highest BCUT2D eigenvalue weighted by atomic mass is 14.9. The molecule has 0 bridgehead atoms. The molecule has 0 aromatic carbocycles. The highest BCUT2D eigenvalue weighted by molar-refractivity contribution is 5.25. The van der Waals surface area contributed by atoms with Gasteiger partial charge in [-0.1, -0.05) is 64.2 Å². The lowest BCUT2D eigenvalue weighted by atomic mass is 9.87. The van der Waals surface area contributed by atoms with E-state index in [-0.39, 0.29) is 0 Å². The topological polar surface area (TPSA) is 12.0 Å². The summed E-state index contributed by atoms with van der Waals surface area (Å²) >= 11 is 0. The summed E-state index contributed by atoms with van der Waals surface area (Å²) in [5.41, 5.74) is 6.43. The predicted molar refractivity (Wildman–Crippen MR) is 141 cm³/mol. The zero-order valence-electron chi connectivity index (χ0n) is 21.6.